The quantitative estimate of drug-likeness (QED) is 0.773. The topological polar surface area (TPSA) is 62.3 Å². The number of benzene rings is 2. The smallest absolute Gasteiger partial charge is 0.229 e. The molecule has 1 N–H and O–H groups in total. The van der Waals surface area contributed by atoms with Gasteiger partial charge in [0.2, 0.25) is 11.8 Å². The molecule has 27 heavy (non-hydrogen) atoms. The molecule has 1 unspecified atom stereocenters. The van der Waals surface area contributed by atoms with Crippen molar-refractivity contribution in [3.63, 3.8) is 0 Å². The molecule has 0 spiro atoms. The van der Waals surface area contributed by atoms with Crippen LogP contribution >= 0.6 is 0 Å². The first-order chi connectivity index (χ1) is 13.0. The molecule has 0 aliphatic carbocycles. The number of rotatable bonds is 3. The number of aromatic nitrogens is 1. The maximum absolute atomic E-state index is 12.8. The minimum Gasteiger partial charge on any atom is -0.324 e. The lowest BCUT2D eigenvalue weighted by molar-refractivity contribution is -0.122. The number of fused-ring (bicyclic) bond motifs is 1. The minimum absolute atomic E-state index is 0.0190. The van der Waals surface area contributed by atoms with Crippen molar-refractivity contribution in [3.8, 4) is 0 Å². The third-order valence-corrected chi connectivity index (χ3v) is 5.19. The van der Waals surface area contributed by atoms with E-state index >= 15 is 0 Å². The molecule has 0 bridgehead atoms. The van der Waals surface area contributed by atoms with Gasteiger partial charge in [-0.2, -0.15) is 0 Å². The highest BCUT2D eigenvalue weighted by Gasteiger charge is 2.35. The third-order valence-electron chi connectivity index (χ3n) is 5.19. The predicted octanol–water partition coefficient (Wildman–Crippen LogP) is 3.84. The monoisotopic (exact) mass is 359 g/mol. The first-order valence-electron chi connectivity index (χ1n) is 9.05. The van der Waals surface area contributed by atoms with Crippen molar-refractivity contribution in [1.82, 2.24) is 4.98 Å². The number of hydrogen-bond acceptors (Lipinski definition) is 3. The van der Waals surface area contributed by atoms with Crippen LogP contribution in [0.25, 0.3) is 10.9 Å². The van der Waals surface area contributed by atoms with E-state index in [1.54, 1.807) is 11.1 Å². The fourth-order valence-electron chi connectivity index (χ4n) is 3.47. The molecule has 1 aromatic heterocycles. The summed E-state index contributed by atoms with van der Waals surface area (Å²) in [6, 6.07) is 15.5. The second-order valence-electron chi connectivity index (χ2n) is 7.04. The number of carbonyl (C=O) groups is 2. The van der Waals surface area contributed by atoms with Crippen molar-refractivity contribution >= 4 is 34.1 Å². The van der Waals surface area contributed by atoms with Gasteiger partial charge in [-0.05, 0) is 49.2 Å². The fraction of sp³-hybridized carbons (Fsp3) is 0.227. The minimum atomic E-state index is -0.377. The average Bonchev–Trinajstić information content (AvgIpc) is 3.06. The standard InChI is InChI=1S/C22H21N3O2/c1-14-8-9-18(11-15(14)2)25-13-17(12-20(25)26)22(27)24-19-7-3-5-16-6-4-10-23-21(16)19/h3-11,17H,12-13H2,1-2H3,(H,24,27). The van der Waals surface area contributed by atoms with Gasteiger partial charge in [0.05, 0.1) is 17.1 Å². The van der Waals surface area contributed by atoms with E-state index in [4.69, 9.17) is 0 Å². The largest absolute Gasteiger partial charge is 0.324 e. The zero-order valence-electron chi connectivity index (χ0n) is 15.4. The summed E-state index contributed by atoms with van der Waals surface area (Å²) in [5.41, 5.74) is 4.60. The lowest BCUT2D eigenvalue weighted by Gasteiger charge is -2.18. The van der Waals surface area contributed by atoms with Crippen molar-refractivity contribution in [3.05, 3.63) is 65.9 Å². The SMILES string of the molecule is Cc1ccc(N2CC(C(=O)Nc3cccc4cccnc34)CC2=O)cc1C. The first-order valence-corrected chi connectivity index (χ1v) is 9.05. The summed E-state index contributed by atoms with van der Waals surface area (Å²) in [6.07, 6.45) is 1.93. The van der Waals surface area contributed by atoms with Crippen LogP contribution in [0, 0.1) is 19.8 Å². The van der Waals surface area contributed by atoms with Crippen molar-refractivity contribution in [2.75, 3.05) is 16.8 Å². The third kappa shape index (κ3) is 3.28. The molecule has 136 valence electrons. The molecule has 1 fully saturated rings. The molecular formula is C22H21N3O2. The molecule has 1 saturated heterocycles. The number of amides is 2. The van der Waals surface area contributed by atoms with E-state index in [-0.39, 0.29) is 24.2 Å². The second kappa shape index (κ2) is 6.83. The van der Waals surface area contributed by atoms with Gasteiger partial charge < -0.3 is 10.2 Å². The zero-order valence-corrected chi connectivity index (χ0v) is 15.4. The van der Waals surface area contributed by atoms with Crippen molar-refractivity contribution in [2.24, 2.45) is 5.92 Å². The van der Waals surface area contributed by atoms with Gasteiger partial charge in [-0.1, -0.05) is 24.3 Å². The maximum atomic E-state index is 12.8. The summed E-state index contributed by atoms with van der Waals surface area (Å²) in [7, 11) is 0. The number of anilines is 2. The Labute approximate surface area is 158 Å². The van der Waals surface area contributed by atoms with Gasteiger partial charge in [0.1, 0.15) is 0 Å². The van der Waals surface area contributed by atoms with Crippen LogP contribution in [0.5, 0.6) is 0 Å². The molecule has 3 aromatic rings. The van der Waals surface area contributed by atoms with Crippen molar-refractivity contribution in [1.29, 1.82) is 0 Å². The first kappa shape index (κ1) is 17.2. The number of aryl methyl sites for hydroxylation is 2. The Morgan fingerprint density at radius 1 is 1.11 bits per heavy atom. The Hall–Kier alpha value is -3.21. The number of para-hydroxylation sites is 1. The average molecular weight is 359 g/mol. The molecule has 0 saturated carbocycles. The second-order valence-corrected chi connectivity index (χ2v) is 7.04. The summed E-state index contributed by atoms with van der Waals surface area (Å²) in [6.45, 7) is 4.46. The summed E-state index contributed by atoms with van der Waals surface area (Å²) < 4.78 is 0. The van der Waals surface area contributed by atoms with E-state index in [1.807, 2.05) is 62.4 Å². The summed E-state index contributed by atoms with van der Waals surface area (Å²) in [4.78, 5) is 31.3. The van der Waals surface area contributed by atoms with Crippen LogP contribution in [0.3, 0.4) is 0 Å². The summed E-state index contributed by atoms with van der Waals surface area (Å²) >= 11 is 0. The van der Waals surface area contributed by atoms with E-state index in [0.717, 1.165) is 22.2 Å². The lowest BCUT2D eigenvalue weighted by atomic mass is 10.1. The van der Waals surface area contributed by atoms with E-state index in [9.17, 15) is 9.59 Å². The Kier molecular flexibility index (Phi) is 4.36. The molecule has 1 aliphatic rings. The van der Waals surface area contributed by atoms with Crippen molar-refractivity contribution in [2.45, 2.75) is 20.3 Å². The van der Waals surface area contributed by atoms with Gasteiger partial charge in [0.25, 0.3) is 0 Å². The van der Waals surface area contributed by atoms with E-state index in [1.165, 1.54) is 5.56 Å². The highest BCUT2D eigenvalue weighted by Crippen LogP contribution is 2.28. The van der Waals surface area contributed by atoms with E-state index in [2.05, 4.69) is 10.3 Å². The molecule has 2 amide bonds. The Balaban J connectivity index is 1.53. The van der Waals surface area contributed by atoms with Gasteiger partial charge >= 0.3 is 0 Å². The number of nitrogens with one attached hydrogen (secondary N) is 1. The van der Waals surface area contributed by atoms with Crippen LogP contribution in [0.1, 0.15) is 17.5 Å². The summed E-state index contributed by atoms with van der Waals surface area (Å²) in [5, 5.41) is 3.93. The number of pyridine rings is 1. The van der Waals surface area contributed by atoms with Crippen LogP contribution in [0.2, 0.25) is 0 Å². The van der Waals surface area contributed by atoms with Crippen LogP contribution < -0.4 is 10.2 Å². The molecule has 4 rings (SSSR count). The number of nitrogens with zero attached hydrogens (tertiary/aromatic N) is 2. The molecule has 5 heteroatoms. The van der Waals surface area contributed by atoms with Crippen molar-refractivity contribution < 1.29 is 9.59 Å². The normalized spacial score (nSPS) is 16.7. The molecule has 1 aliphatic heterocycles. The Morgan fingerprint density at radius 2 is 1.93 bits per heavy atom. The molecule has 0 radical (unpaired) electrons. The molecule has 5 nitrogen and oxygen atoms in total. The van der Waals surface area contributed by atoms with E-state index < -0.39 is 0 Å². The predicted molar refractivity (Wildman–Crippen MR) is 107 cm³/mol. The molecular weight excluding hydrogens is 338 g/mol. The molecule has 2 aromatic carbocycles. The lowest BCUT2D eigenvalue weighted by Crippen LogP contribution is -2.28. The molecule has 1 atom stereocenters. The maximum Gasteiger partial charge on any atom is 0.229 e. The molecule has 2 heterocycles. The number of hydrogen-bond donors (Lipinski definition) is 1. The van der Waals surface area contributed by atoms with Gasteiger partial charge in [-0.3, -0.25) is 14.6 Å². The Bertz CT molecular complexity index is 1040. The van der Waals surface area contributed by atoms with Gasteiger partial charge in [0.15, 0.2) is 0 Å². The Morgan fingerprint density at radius 3 is 2.74 bits per heavy atom. The van der Waals surface area contributed by atoms with Crippen LogP contribution in [-0.2, 0) is 9.59 Å². The highest BCUT2D eigenvalue weighted by atomic mass is 16.2. The highest BCUT2D eigenvalue weighted by molar-refractivity contribution is 6.06. The summed E-state index contributed by atoms with van der Waals surface area (Å²) in [5.74, 6) is -0.541. The van der Waals surface area contributed by atoms with Crippen LogP contribution in [-0.4, -0.2) is 23.3 Å². The fourth-order valence-corrected chi connectivity index (χ4v) is 3.47. The van der Waals surface area contributed by atoms with Crippen LogP contribution in [0.15, 0.2) is 54.7 Å². The zero-order chi connectivity index (χ0) is 19.0. The van der Waals surface area contributed by atoms with E-state index in [0.29, 0.717) is 12.2 Å². The number of carbonyl (C=O) groups excluding carboxylic acids is 2. The van der Waals surface area contributed by atoms with Gasteiger partial charge in [-0.25, -0.2) is 0 Å². The van der Waals surface area contributed by atoms with Gasteiger partial charge in [-0.15, -0.1) is 0 Å². The van der Waals surface area contributed by atoms with Gasteiger partial charge in [0, 0.05) is 30.2 Å². The van der Waals surface area contributed by atoms with Crippen LogP contribution in [0.4, 0.5) is 11.4 Å².